The first kappa shape index (κ1) is 18.3. The molecule has 0 aliphatic carbocycles. The number of benzene rings is 3. The zero-order valence-electron chi connectivity index (χ0n) is 16.9. The predicted molar refractivity (Wildman–Crippen MR) is 121 cm³/mol. The van der Waals surface area contributed by atoms with Gasteiger partial charge in [0.25, 0.3) is 5.56 Å². The van der Waals surface area contributed by atoms with E-state index >= 15 is 0 Å². The quantitative estimate of drug-likeness (QED) is 0.423. The van der Waals surface area contributed by atoms with Crippen molar-refractivity contribution in [3.63, 3.8) is 0 Å². The summed E-state index contributed by atoms with van der Waals surface area (Å²) in [5.74, 6) is 0.862. The van der Waals surface area contributed by atoms with Crippen LogP contribution in [-0.2, 0) is 6.54 Å². The lowest BCUT2D eigenvalue weighted by Gasteiger charge is -2.03. The summed E-state index contributed by atoms with van der Waals surface area (Å²) in [4.78, 5) is 17.6. The number of nitrogens with zero attached hydrogens (tertiary/aromatic N) is 5. The van der Waals surface area contributed by atoms with Crippen molar-refractivity contribution in [3.05, 3.63) is 108 Å². The number of hydrogen-bond donors (Lipinski definition) is 0. The third kappa shape index (κ3) is 3.07. The Balaban J connectivity index is 1.37. The van der Waals surface area contributed by atoms with Crippen LogP contribution in [0.2, 0.25) is 0 Å². The van der Waals surface area contributed by atoms with Gasteiger partial charge in [-0.25, -0.2) is 4.52 Å². The first-order valence-corrected chi connectivity index (χ1v) is 10.2. The van der Waals surface area contributed by atoms with Gasteiger partial charge in [-0.1, -0.05) is 78.0 Å². The van der Waals surface area contributed by atoms with Crippen LogP contribution in [0.1, 0.15) is 5.89 Å². The summed E-state index contributed by atoms with van der Waals surface area (Å²) in [6.07, 6.45) is 3.45. The zero-order valence-corrected chi connectivity index (χ0v) is 16.9. The van der Waals surface area contributed by atoms with Gasteiger partial charge in [0, 0.05) is 23.5 Å². The number of fused-ring (bicyclic) bond motifs is 2. The van der Waals surface area contributed by atoms with Crippen molar-refractivity contribution in [3.8, 4) is 22.6 Å². The first-order chi connectivity index (χ1) is 15.8. The van der Waals surface area contributed by atoms with E-state index < -0.39 is 0 Å². The fourth-order valence-electron chi connectivity index (χ4n) is 3.90. The summed E-state index contributed by atoms with van der Waals surface area (Å²) in [5.41, 5.74) is 2.91. The van der Waals surface area contributed by atoms with Crippen molar-refractivity contribution in [1.29, 1.82) is 0 Å². The van der Waals surface area contributed by atoms with Gasteiger partial charge in [-0.2, -0.15) is 10.1 Å². The van der Waals surface area contributed by atoms with Gasteiger partial charge in [-0.15, -0.1) is 0 Å². The largest absolute Gasteiger partial charge is 0.337 e. The van der Waals surface area contributed by atoms with Crippen LogP contribution in [-0.4, -0.2) is 24.3 Å². The standard InChI is InChI=1S/C25H17N5O2/c31-25-22-15-21(20-12-6-10-17-7-4-5-11-19(17)20)27-30(22)14-13-29(25)16-23-26-24(28-32-23)18-8-2-1-3-9-18/h1-15H,16H2. The van der Waals surface area contributed by atoms with Crippen LogP contribution < -0.4 is 5.56 Å². The smallest absolute Gasteiger partial charge is 0.277 e. The van der Waals surface area contributed by atoms with Crippen LogP contribution >= 0.6 is 0 Å². The van der Waals surface area contributed by atoms with Crippen molar-refractivity contribution in [2.45, 2.75) is 6.54 Å². The van der Waals surface area contributed by atoms with E-state index in [2.05, 4.69) is 33.4 Å². The SMILES string of the molecule is O=c1c2cc(-c3cccc4ccccc34)nn2ccn1Cc1nc(-c2ccccc2)no1. The predicted octanol–water partition coefficient (Wildman–Crippen LogP) is 4.41. The minimum Gasteiger partial charge on any atom is -0.337 e. The molecule has 0 unspecified atom stereocenters. The summed E-state index contributed by atoms with van der Waals surface area (Å²) >= 11 is 0. The molecule has 6 aromatic rings. The summed E-state index contributed by atoms with van der Waals surface area (Å²) < 4.78 is 8.53. The fraction of sp³-hybridized carbons (Fsp3) is 0.0400. The van der Waals surface area contributed by atoms with Crippen molar-refractivity contribution in [1.82, 2.24) is 24.3 Å². The molecule has 0 aliphatic rings. The van der Waals surface area contributed by atoms with E-state index in [9.17, 15) is 4.79 Å². The van der Waals surface area contributed by atoms with Crippen molar-refractivity contribution in [2.75, 3.05) is 0 Å². The third-order valence-corrected chi connectivity index (χ3v) is 5.47. The van der Waals surface area contributed by atoms with E-state index in [1.807, 2.05) is 60.7 Å². The lowest BCUT2D eigenvalue weighted by Crippen LogP contribution is -2.21. The summed E-state index contributed by atoms with van der Waals surface area (Å²) in [5, 5.41) is 10.9. The molecular formula is C25H17N5O2. The molecule has 3 aromatic carbocycles. The fourth-order valence-corrected chi connectivity index (χ4v) is 3.90. The molecular weight excluding hydrogens is 402 g/mol. The van der Waals surface area contributed by atoms with E-state index in [0.717, 1.165) is 27.6 Å². The molecule has 0 saturated heterocycles. The van der Waals surface area contributed by atoms with Crippen molar-refractivity contribution in [2.24, 2.45) is 0 Å². The maximum Gasteiger partial charge on any atom is 0.277 e. The second kappa shape index (κ2) is 7.31. The van der Waals surface area contributed by atoms with Crippen LogP contribution in [0.15, 0.2) is 101 Å². The zero-order chi connectivity index (χ0) is 21.5. The van der Waals surface area contributed by atoms with Crippen molar-refractivity contribution >= 4 is 16.3 Å². The van der Waals surface area contributed by atoms with E-state index in [-0.39, 0.29) is 12.1 Å². The van der Waals surface area contributed by atoms with Gasteiger partial charge in [0.05, 0.1) is 5.69 Å². The second-order valence-electron chi connectivity index (χ2n) is 7.50. The highest BCUT2D eigenvalue weighted by molar-refractivity contribution is 5.96. The molecule has 0 spiro atoms. The lowest BCUT2D eigenvalue weighted by atomic mass is 10.0. The molecule has 0 fully saturated rings. The Morgan fingerprint density at radius 2 is 1.69 bits per heavy atom. The Bertz CT molecular complexity index is 1620. The molecule has 0 radical (unpaired) electrons. The Hall–Kier alpha value is -4.52. The summed E-state index contributed by atoms with van der Waals surface area (Å²) in [6, 6.07) is 25.6. The highest BCUT2D eigenvalue weighted by Crippen LogP contribution is 2.27. The summed E-state index contributed by atoms with van der Waals surface area (Å²) in [7, 11) is 0. The molecule has 0 bridgehead atoms. The molecule has 0 atom stereocenters. The maximum absolute atomic E-state index is 13.1. The van der Waals surface area contributed by atoms with Gasteiger partial charge in [0.2, 0.25) is 11.7 Å². The van der Waals surface area contributed by atoms with Gasteiger partial charge in [0.1, 0.15) is 12.1 Å². The van der Waals surface area contributed by atoms with E-state index in [4.69, 9.17) is 4.52 Å². The normalized spacial score (nSPS) is 11.4. The minimum atomic E-state index is -0.175. The van der Waals surface area contributed by atoms with E-state index in [1.54, 1.807) is 21.5 Å². The number of aromatic nitrogens is 5. The Morgan fingerprint density at radius 3 is 2.59 bits per heavy atom. The maximum atomic E-state index is 13.1. The molecule has 32 heavy (non-hydrogen) atoms. The van der Waals surface area contributed by atoms with E-state index in [1.165, 1.54) is 0 Å². The highest BCUT2D eigenvalue weighted by Gasteiger charge is 2.14. The topological polar surface area (TPSA) is 78.2 Å². The molecule has 0 amide bonds. The minimum absolute atomic E-state index is 0.175. The Morgan fingerprint density at radius 1 is 0.875 bits per heavy atom. The first-order valence-electron chi connectivity index (χ1n) is 10.2. The average molecular weight is 419 g/mol. The monoisotopic (exact) mass is 419 g/mol. The molecule has 154 valence electrons. The molecule has 7 nitrogen and oxygen atoms in total. The van der Waals surface area contributed by atoms with Crippen LogP contribution in [0.4, 0.5) is 0 Å². The molecule has 0 saturated carbocycles. The lowest BCUT2D eigenvalue weighted by molar-refractivity contribution is 0.370. The Labute approximate surface area is 182 Å². The molecule has 7 heteroatoms. The third-order valence-electron chi connectivity index (χ3n) is 5.47. The molecule has 6 rings (SSSR count). The average Bonchev–Trinajstić information content (AvgIpc) is 3.49. The van der Waals surface area contributed by atoms with Gasteiger partial charge >= 0.3 is 0 Å². The van der Waals surface area contributed by atoms with Crippen LogP contribution in [0, 0.1) is 0 Å². The van der Waals surface area contributed by atoms with Gasteiger partial charge in [-0.3, -0.25) is 4.79 Å². The van der Waals surface area contributed by atoms with Gasteiger partial charge in [-0.05, 0) is 16.8 Å². The molecule has 0 aliphatic heterocycles. The number of hydrogen-bond acceptors (Lipinski definition) is 5. The van der Waals surface area contributed by atoms with Crippen molar-refractivity contribution < 1.29 is 4.52 Å². The highest BCUT2D eigenvalue weighted by atomic mass is 16.5. The van der Waals surface area contributed by atoms with Crippen LogP contribution in [0.25, 0.3) is 38.9 Å². The summed E-state index contributed by atoms with van der Waals surface area (Å²) in [6.45, 7) is 0.184. The second-order valence-corrected chi connectivity index (χ2v) is 7.50. The van der Waals surface area contributed by atoms with Crippen LogP contribution in [0.3, 0.4) is 0 Å². The number of rotatable bonds is 4. The molecule has 3 aromatic heterocycles. The van der Waals surface area contributed by atoms with Gasteiger partial charge < -0.3 is 9.09 Å². The van der Waals surface area contributed by atoms with E-state index in [0.29, 0.717) is 17.2 Å². The molecule has 3 heterocycles. The Kier molecular flexibility index (Phi) is 4.18. The van der Waals surface area contributed by atoms with Crippen LogP contribution in [0.5, 0.6) is 0 Å². The van der Waals surface area contributed by atoms with Gasteiger partial charge in [0.15, 0.2) is 0 Å². The molecule has 0 N–H and O–H groups in total.